The van der Waals surface area contributed by atoms with Gasteiger partial charge in [0.1, 0.15) is 10.8 Å². The fraction of sp³-hybridized carbons (Fsp3) is 0.321. The second-order valence-electron chi connectivity index (χ2n) is 9.55. The minimum atomic E-state index is -0.851. The van der Waals surface area contributed by atoms with Gasteiger partial charge in [-0.15, -0.1) is 11.3 Å². The van der Waals surface area contributed by atoms with Crippen LogP contribution >= 0.6 is 11.3 Å². The van der Waals surface area contributed by atoms with Crippen LogP contribution in [0.1, 0.15) is 11.1 Å². The first kappa shape index (κ1) is 25.1. The second-order valence-corrected chi connectivity index (χ2v) is 10.4. The number of anilines is 1. The molecule has 0 amide bonds. The van der Waals surface area contributed by atoms with Crippen LogP contribution in [-0.2, 0) is 6.54 Å². The number of aliphatic hydroxyl groups is 1. The number of hydrogen-bond donors (Lipinski definition) is 1. The Balaban J connectivity index is 1.36. The van der Waals surface area contributed by atoms with E-state index in [9.17, 15) is 14.7 Å². The number of nitrogens with zero attached hydrogens (tertiary/aromatic N) is 5. The number of β-amino-alcohol motifs (C(OH)–C–C–N with tert-alkyl or cyclic N) is 1. The van der Waals surface area contributed by atoms with Gasteiger partial charge in [-0.1, -0.05) is 35.9 Å². The number of piperazine rings is 1. The highest BCUT2D eigenvalue weighted by Gasteiger charge is 2.22. The summed E-state index contributed by atoms with van der Waals surface area (Å²) in [5.41, 5.74) is 2.64. The molecule has 5 rings (SSSR count). The van der Waals surface area contributed by atoms with E-state index in [-0.39, 0.29) is 6.54 Å². The molecule has 9 heteroatoms. The van der Waals surface area contributed by atoms with Crippen LogP contribution in [0.4, 0.5) is 5.82 Å². The summed E-state index contributed by atoms with van der Waals surface area (Å²) >= 11 is 1.46. The van der Waals surface area contributed by atoms with E-state index in [0.717, 1.165) is 58.3 Å². The summed E-state index contributed by atoms with van der Waals surface area (Å²) in [7, 11) is 0. The molecule has 3 aromatic heterocycles. The zero-order valence-electron chi connectivity index (χ0n) is 21.1. The number of aromatic nitrogens is 3. The predicted octanol–water partition coefficient (Wildman–Crippen LogP) is 2.92. The summed E-state index contributed by atoms with van der Waals surface area (Å²) < 4.78 is 2.74. The van der Waals surface area contributed by atoms with Crippen molar-refractivity contribution in [3.63, 3.8) is 0 Å². The van der Waals surface area contributed by atoms with Crippen molar-refractivity contribution in [2.75, 3.05) is 37.6 Å². The van der Waals surface area contributed by atoms with Crippen molar-refractivity contribution < 1.29 is 5.11 Å². The lowest BCUT2D eigenvalue weighted by atomic mass is 10.1. The molecule has 0 radical (unpaired) electrons. The van der Waals surface area contributed by atoms with Gasteiger partial charge < -0.3 is 10.0 Å². The number of thiophene rings is 1. The van der Waals surface area contributed by atoms with E-state index in [0.29, 0.717) is 12.2 Å². The molecule has 1 aliphatic heterocycles. The van der Waals surface area contributed by atoms with Gasteiger partial charge in [0.15, 0.2) is 0 Å². The smallest absolute Gasteiger partial charge is 0.336 e. The van der Waals surface area contributed by atoms with Crippen molar-refractivity contribution in [2.24, 2.45) is 0 Å². The summed E-state index contributed by atoms with van der Waals surface area (Å²) in [5, 5.41) is 13.6. The molecule has 37 heavy (non-hydrogen) atoms. The lowest BCUT2D eigenvalue weighted by Gasteiger charge is -2.36. The summed E-state index contributed by atoms with van der Waals surface area (Å²) in [6.07, 6.45) is 0.938. The zero-order chi connectivity index (χ0) is 25.9. The SMILES string of the molecule is Cc1ccc(-c2cc(=O)n(CC(O)CN3CCN(c4ccccn4)CC3)c(=O)n2-c2cc(C)cs2)cc1. The molecule has 4 aromatic rings. The topological polar surface area (TPSA) is 83.6 Å². The summed E-state index contributed by atoms with van der Waals surface area (Å²) in [6.45, 7) is 7.46. The lowest BCUT2D eigenvalue weighted by molar-refractivity contribution is 0.0928. The third-order valence-corrected chi connectivity index (χ3v) is 7.71. The molecule has 1 aromatic carbocycles. The van der Waals surface area contributed by atoms with Crippen LogP contribution in [0.3, 0.4) is 0 Å². The van der Waals surface area contributed by atoms with Crippen molar-refractivity contribution in [3.8, 4) is 16.3 Å². The van der Waals surface area contributed by atoms with Crippen LogP contribution in [-0.4, -0.2) is 63.0 Å². The highest BCUT2D eigenvalue weighted by Crippen LogP contribution is 2.24. The van der Waals surface area contributed by atoms with Crippen LogP contribution in [0.2, 0.25) is 0 Å². The van der Waals surface area contributed by atoms with Crippen molar-refractivity contribution in [2.45, 2.75) is 26.5 Å². The van der Waals surface area contributed by atoms with Crippen molar-refractivity contribution in [1.82, 2.24) is 19.0 Å². The van der Waals surface area contributed by atoms with Gasteiger partial charge in [0.2, 0.25) is 0 Å². The Morgan fingerprint density at radius 2 is 1.70 bits per heavy atom. The average molecular weight is 518 g/mol. The molecular formula is C28H31N5O3S. The highest BCUT2D eigenvalue weighted by atomic mass is 32.1. The largest absolute Gasteiger partial charge is 0.390 e. The molecule has 0 bridgehead atoms. The first-order valence-corrected chi connectivity index (χ1v) is 13.3. The number of benzene rings is 1. The zero-order valence-corrected chi connectivity index (χ0v) is 21.9. The number of pyridine rings is 1. The molecule has 0 aliphatic carbocycles. The first-order valence-electron chi connectivity index (χ1n) is 12.4. The third kappa shape index (κ3) is 5.58. The van der Waals surface area contributed by atoms with Gasteiger partial charge in [0, 0.05) is 45.0 Å². The number of aryl methyl sites for hydroxylation is 2. The molecule has 8 nitrogen and oxygen atoms in total. The fourth-order valence-electron chi connectivity index (χ4n) is 4.70. The second kappa shape index (κ2) is 10.8. The van der Waals surface area contributed by atoms with E-state index in [1.54, 1.807) is 10.8 Å². The Bertz CT molecular complexity index is 1470. The van der Waals surface area contributed by atoms with Crippen LogP contribution in [0.25, 0.3) is 16.3 Å². The quantitative estimate of drug-likeness (QED) is 0.406. The molecule has 1 unspecified atom stereocenters. The van der Waals surface area contributed by atoms with E-state index in [2.05, 4.69) is 14.8 Å². The van der Waals surface area contributed by atoms with Gasteiger partial charge in [-0.05, 0) is 48.6 Å². The monoisotopic (exact) mass is 517 g/mol. The minimum absolute atomic E-state index is 0.0589. The standard InChI is InChI=1S/C28H31N5O3S/c1-20-6-8-22(9-7-20)24-16-26(35)32(28(36)33(24)27-15-21(2)19-37-27)18-23(34)17-30-11-13-31(14-12-30)25-5-3-4-10-29-25/h3-10,15-16,19,23,34H,11-14,17-18H2,1-2H3. The molecule has 1 N–H and O–H groups in total. The molecular weight excluding hydrogens is 486 g/mol. The fourth-order valence-corrected chi connectivity index (χ4v) is 5.61. The first-order chi connectivity index (χ1) is 17.9. The number of rotatable bonds is 7. The van der Waals surface area contributed by atoms with Gasteiger partial charge in [0.25, 0.3) is 5.56 Å². The van der Waals surface area contributed by atoms with Crippen LogP contribution in [0, 0.1) is 13.8 Å². The predicted molar refractivity (Wildman–Crippen MR) is 148 cm³/mol. The number of aliphatic hydroxyl groups excluding tert-OH is 1. The highest BCUT2D eigenvalue weighted by molar-refractivity contribution is 7.12. The molecule has 1 atom stereocenters. The van der Waals surface area contributed by atoms with Gasteiger partial charge in [-0.2, -0.15) is 0 Å². The Labute approximate surface area is 219 Å². The van der Waals surface area contributed by atoms with Crippen molar-refractivity contribution in [3.05, 3.63) is 98.1 Å². The Morgan fingerprint density at radius 1 is 0.946 bits per heavy atom. The minimum Gasteiger partial charge on any atom is -0.390 e. The van der Waals surface area contributed by atoms with E-state index in [1.807, 2.05) is 67.8 Å². The third-order valence-electron chi connectivity index (χ3n) is 6.68. The molecule has 192 valence electrons. The Kier molecular flexibility index (Phi) is 7.36. The van der Waals surface area contributed by atoms with Gasteiger partial charge in [0.05, 0.1) is 18.3 Å². The summed E-state index contributed by atoms with van der Waals surface area (Å²) in [5.74, 6) is 0.951. The van der Waals surface area contributed by atoms with E-state index >= 15 is 0 Å². The Hall–Kier alpha value is -3.53. The molecule has 0 spiro atoms. The van der Waals surface area contributed by atoms with Gasteiger partial charge in [-0.3, -0.25) is 18.8 Å². The maximum Gasteiger partial charge on any atom is 0.336 e. The average Bonchev–Trinajstić information content (AvgIpc) is 3.33. The molecule has 1 fully saturated rings. The molecule has 1 aliphatic rings. The molecule has 1 saturated heterocycles. The van der Waals surface area contributed by atoms with Gasteiger partial charge in [-0.25, -0.2) is 9.78 Å². The van der Waals surface area contributed by atoms with Gasteiger partial charge >= 0.3 is 5.69 Å². The van der Waals surface area contributed by atoms with E-state index in [1.165, 1.54) is 17.4 Å². The normalized spacial score (nSPS) is 15.2. The summed E-state index contributed by atoms with van der Waals surface area (Å²) in [6, 6.07) is 17.1. The van der Waals surface area contributed by atoms with Crippen molar-refractivity contribution >= 4 is 17.2 Å². The Morgan fingerprint density at radius 3 is 2.35 bits per heavy atom. The number of hydrogen-bond acceptors (Lipinski definition) is 7. The van der Waals surface area contributed by atoms with Crippen LogP contribution < -0.4 is 16.1 Å². The lowest BCUT2D eigenvalue weighted by Crippen LogP contribution is -2.50. The maximum absolute atomic E-state index is 13.7. The van der Waals surface area contributed by atoms with Crippen LogP contribution in [0.5, 0.6) is 0 Å². The van der Waals surface area contributed by atoms with Crippen LogP contribution in [0.15, 0.2) is 75.8 Å². The van der Waals surface area contributed by atoms with Crippen molar-refractivity contribution in [1.29, 1.82) is 0 Å². The summed E-state index contributed by atoms with van der Waals surface area (Å²) in [4.78, 5) is 35.6. The molecule has 0 saturated carbocycles. The van der Waals surface area contributed by atoms with E-state index < -0.39 is 17.4 Å². The maximum atomic E-state index is 13.7. The molecule has 4 heterocycles. The van der Waals surface area contributed by atoms with E-state index in [4.69, 9.17) is 0 Å².